The van der Waals surface area contributed by atoms with Gasteiger partial charge < -0.3 is 15.0 Å². The Balaban J connectivity index is 1.28. The minimum Gasteiger partial charge on any atom is -0.379 e. The molecule has 34 heavy (non-hydrogen) atoms. The number of nitrogens with zero attached hydrogens (tertiary/aromatic N) is 3. The maximum Gasteiger partial charge on any atom is 0.243 e. The number of fused-ring (bicyclic) bond motifs is 1. The third kappa shape index (κ3) is 4.77. The molecule has 1 fully saturated rings. The molecule has 0 atom stereocenters. The largest absolute Gasteiger partial charge is 0.379 e. The summed E-state index contributed by atoms with van der Waals surface area (Å²) < 4.78 is 33.3. The molecule has 1 aliphatic rings. The van der Waals surface area contributed by atoms with Crippen molar-refractivity contribution in [3.63, 3.8) is 0 Å². The molecule has 0 radical (unpaired) electrons. The summed E-state index contributed by atoms with van der Waals surface area (Å²) in [5.41, 5.74) is 2.98. The Morgan fingerprint density at radius 2 is 2.09 bits per heavy atom. The minimum atomic E-state index is -3.62. The number of benzene rings is 1. The van der Waals surface area contributed by atoms with Gasteiger partial charge in [-0.1, -0.05) is 12.1 Å². The van der Waals surface area contributed by atoms with Gasteiger partial charge in [-0.2, -0.15) is 4.31 Å². The van der Waals surface area contributed by atoms with Gasteiger partial charge in [0.05, 0.1) is 30.2 Å². The Kier molecular flexibility index (Phi) is 6.49. The van der Waals surface area contributed by atoms with Crippen molar-refractivity contribution in [2.24, 2.45) is 0 Å². The van der Waals surface area contributed by atoms with Crippen molar-refractivity contribution in [2.45, 2.75) is 11.3 Å². The van der Waals surface area contributed by atoms with E-state index in [2.05, 4.69) is 36.2 Å². The molecule has 2 N–H and O–H groups in total. The highest BCUT2D eigenvalue weighted by Gasteiger charge is 2.26. The van der Waals surface area contributed by atoms with Gasteiger partial charge in [-0.05, 0) is 39.7 Å². The molecule has 4 aromatic rings. The van der Waals surface area contributed by atoms with Crippen LogP contribution in [0.5, 0.6) is 0 Å². The molecule has 1 amide bonds. The summed E-state index contributed by atoms with van der Waals surface area (Å²) in [5.74, 6) is -0.273. The molecule has 0 bridgehead atoms. The second-order valence-corrected chi connectivity index (χ2v) is 11.4. The second-order valence-electron chi connectivity index (χ2n) is 7.68. The van der Waals surface area contributed by atoms with Gasteiger partial charge in [0.2, 0.25) is 15.9 Å². The maximum absolute atomic E-state index is 12.9. The normalized spacial score (nSPS) is 15.0. The second kappa shape index (κ2) is 9.55. The van der Waals surface area contributed by atoms with E-state index in [1.807, 2.05) is 17.6 Å². The molecule has 1 saturated heterocycles. The fourth-order valence-electron chi connectivity index (χ4n) is 3.75. The van der Waals surface area contributed by atoms with Crippen molar-refractivity contribution >= 4 is 59.4 Å². The maximum atomic E-state index is 12.9. The van der Waals surface area contributed by atoms with E-state index in [1.54, 1.807) is 30.5 Å². The van der Waals surface area contributed by atoms with Crippen molar-refractivity contribution in [3.05, 3.63) is 58.1 Å². The van der Waals surface area contributed by atoms with E-state index in [9.17, 15) is 13.2 Å². The van der Waals surface area contributed by atoms with Gasteiger partial charge in [0.15, 0.2) is 5.13 Å². The van der Waals surface area contributed by atoms with Gasteiger partial charge in [-0.25, -0.2) is 18.4 Å². The Morgan fingerprint density at radius 1 is 1.26 bits per heavy atom. The molecule has 1 aromatic carbocycles. The van der Waals surface area contributed by atoms with Crippen molar-refractivity contribution in [1.82, 2.24) is 19.3 Å². The first kappa shape index (κ1) is 23.1. The molecule has 0 saturated carbocycles. The summed E-state index contributed by atoms with van der Waals surface area (Å²) in [5, 5.41) is 6.07. The SMILES string of the molecule is O=C(Cc1cccc(S(=O)(=O)N2CCOCC2)c1)Nc1nc(-c2c[nH]c3ncc(Br)cc23)cs1. The summed E-state index contributed by atoms with van der Waals surface area (Å²) in [4.78, 5) is 24.8. The predicted octanol–water partition coefficient (Wildman–Crippen LogP) is 3.65. The molecule has 12 heteroatoms. The zero-order valence-corrected chi connectivity index (χ0v) is 21.0. The average molecular weight is 562 g/mol. The molecule has 0 spiro atoms. The minimum absolute atomic E-state index is 0.0331. The number of carbonyl (C=O) groups excluding carboxylic acids is 1. The quantitative estimate of drug-likeness (QED) is 0.371. The zero-order valence-electron chi connectivity index (χ0n) is 17.8. The first-order valence-electron chi connectivity index (χ1n) is 10.5. The van der Waals surface area contributed by atoms with E-state index in [0.717, 1.165) is 26.8 Å². The van der Waals surface area contributed by atoms with Crippen LogP contribution in [0.1, 0.15) is 5.56 Å². The first-order valence-corrected chi connectivity index (χ1v) is 13.6. The van der Waals surface area contributed by atoms with Gasteiger partial charge in [0.1, 0.15) is 5.65 Å². The van der Waals surface area contributed by atoms with Crippen LogP contribution < -0.4 is 5.32 Å². The first-order chi connectivity index (χ1) is 16.4. The Hall–Kier alpha value is -2.64. The molecule has 1 aliphatic heterocycles. The van der Waals surface area contributed by atoms with E-state index in [-0.39, 0.29) is 17.2 Å². The van der Waals surface area contributed by atoms with Crippen LogP contribution in [0.25, 0.3) is 22.3 Å². The van der Waals surface area contributed by atoms with E-state index in [0.29, 0.717) is 37.0 Å². The number of H-pyrrole nitrogens is 1. The van der Waals surface area contributed by atoms with Crippen LogP contribution in [0.3, 0.4) is 0 Å². The summed E-state index contributed by atoms with van der Waals surface area (Å²) in [6, 6.07) is 8.45. The van der Waals surface area contributed by atoms with Crippen molar-refractivity contribution in [3.8, 4) is 11.3 Å². The third-order valence-corrected chi connectivity index (χ3v) is 8.48. The number of thiazole rings is 1. The van der Waals surface area contributed by atoms with Crippen molar-refractivity contribution in [1.29, 1.82) is 0 Å². The standard InChI is InChI=1S/C22H20BrN5O4S2/c23-15-10-17-18(12-25-21(17)24-11-15)19-13-33-22(26-19)27-20(29)9-14-2-1-3-16(8-14)34(30,31)28-4-6-32-7-5-28/h1-3,8,10-13H,4-7,9H2,(H,24,25)(H,26,27,29). The molecule has 9 nitrogen and oxygen atoms in total. The van der Waals surface area contributed by atoms with Crippen LogP contribution in [-0.2, 0) is 26.0 Å². The van der Waals surface area contributed by atoms with Gasteiger partial charge >= 0.3 is 0 Å². The summed E-state index contributed by atoms with van der Waals surface area (Å²) in [6.07, 6.45) is 3.59. The number of ether oxygens (including phenoxy) is 1. The van der Waals surface area contributed by atoms with Gasteiger partial charge in [0, 0.05) is 46.3 Å². The van der Waals surface area contributed by atoms with Crippen molar-refractivity contribution < 1.29 is 17.9 Å². The van der Waals surface area contributed by atoms with Crippen LogP contribution >= 0.6 is 27.3 Å². The number of hydrogen-bond acceptors (Lipinski definition) is 7. The van der Waals surface area contributed by atoms with Crippen LogP contribution in [-0.4, -0.2) is 59.9 Å². The molecule has 0 aliphatic carbocycles. The topological polar surface area (TPSA) is 117 Å². The lowest BCUT2D eigenvalue weighted by Gasteiger charge is -2.26. The van der Waals surface area contributed by atoms with Crippen LogP contribution in [0.2, 0.25) is 0 Å². The van der Waals surface area contributed by atoms with Crippen molar-refractivity contribution in [2.75, 3.05) is 31.6 Å². The number of hydrogen-bond donors (Lipinski definition) is 2. The van der Waals surface area contributed by atoms with Crippen LogP contribution in [0.15, 0.2) is 57.5 Å². The van der Waals surface area contributed by atoms with E-state index in [4.69, 9.17) is 4.74 Å². The van der Waals surface area contributed by atoms with E-state index < -0.39 is 10.0 Å². The molecule has 3 aromatic heterocycles. The number of anilines is 1. The smallest absolute Gasteiger partial charge is 0.243 e. The average Bonchev–Trinajstić information content (AvgIpc) is 3.46. The van der Waals surface area contributed by atoms with Gasteiger partial charge in [-0.15, -0.1) is 11.3 Å². The van der Waals surface area contributed by atoms with Crippen LogP contribution in [0, 0.1) is 0 Å². The highest BCUT2D eigenvalue weighted by molar-refractivity contribution is 9.10. The molecule has 4 heterocycles. The number of rotatable bonds is 6. The Labute approximate surface area is 208 Å². The summed E-state index contributed by atoms with van der Waals surface area (Å²) in [6.45, 7) is 1.40. The fraction of sp³-hybridized carbons (Fsp3) is 0.227. The number of pyridine rings is 1. The molecule has 0 unspecified atom stereocenters. The van der Waals surface area contributed by atoms with Gasteiger partial charge in [-0.3, -0.25) is 4.79 Å². The molecule has 176 valence electrons. The number of morpholine rings is 1. The van der Waals surface area contributed by atoms with E-state index >= 15 is 0 Å². The fourth-order valence-corrected chi connectivity index (χ4v) is 6.28. The number of aromatic amines is 1. The molecular formula is C22H20BrN5O4S2. The zero-order chi connectivity index (χ0) is 23.7. The Bertz CT molecular complexity index is 1460. The lowest BCUT2D eigenvalue weighted by molar-refractivity contribution is -0.115. The number of aromatic nitrogens is 3. The highest BCUT2D eigenvalue weighted by Crippen LogP contribution is 2.31. The van der Waals surface area contributed by atoms with E-state index in [1.165, 1.54) is 15.6 Å². The molecule has 5 rings (SSSR count). The number of amides is 1. The predicted molar refractivity (Wildman–Crippen MR) is 133 cm³/mol. The lowest BCUT2D eigenvalue weighted by Crippen LogP contribution is -2.40. The monoisotopic (exact) mass is 561 g/mol. The lowest BCUT2D eigenvalue weighted by atomic mass is 10.1. The summed E-state index contributed by atoms with van der Waals surface area (Å²) >= 11 is 4.76. The number of nitrogens with one attached hydrogen (secondary N) is 2. The summed E-state index contributed by atoms with van der Waals surface area (Å²) in [7, 11) is -3.62. The number of sulfonamides is 1. The van der Waals surface area contributed by atoms with Crippen LogP contribution in [0.4, 0.5) is 5.13 Å². The Morgan fingerprint density at radius 3 is 2.91 bits per heavy atom. The highest BCUT2D eigenvalue weighted by atomic mass is 79.9. The molecular weight excluding hydrogens is 542 g/mol. The number of carbonyl (C=O) groups is 1. The van der Waals surface area contributed by atoms with Gasteiger partial charge in [0.25, 0.3) is 0 Å². The number of halogens is 1. The third-order valence-electron chi connectivity index (χ3n) is 5.40.